The van der Waals surface area contributed by atoms with E-state index in [0.717, 1.165) is 43.9 Å². The van der Waals surface area contributed by atoms with Gasteiger partial charge in [-0.25, -0.2) is 9.97 Å². The summed E-state index contributed by atoms with van der Waals surface area (Å²) in [7, 11) is 0. The second kappa shape index (κ2) is 6.85. The van der Waals surface area contributed by atoms with E-state index in [9.17, 15) is 0 Å². The van der Waals surface area contributed by atoms with Gasteiger partial charge < -0.3 is 0 Å². The van der Waals surface area contributed by atoms with Crippen LogP contribution in [-0.2, 0) is 10.7 Å². The highest BCUT2D eigenvalue weighted by atomic mass is 79.9. The molecule has 2 aromatic heterocycles. The molecule has 2 aromatic carbocycles. The van der Waals surface area contributed by atoms with Gasteiger partial charge in [-0.2, -0.15) is 0 Å². The fraction of sp³-hybridized carbons (Fsp3) is 0.143. The molecule has 0 fully saturated rings. The van der Waals surface area contributed by atoms with Crippen LogP contribution in [0.25, 0.3) is 32.9 Å². The number of hydrogen-bond acceptors (Lipinski definition) is 2. The van der Waals surface area contributed by atoms with Crippen molar-refractivity contribution in [2.75, 3.05) is 0 Å². The van der Waals surface area contributed by atoms with Crippen molar-refractivity contribution >= 4 is 53.7 Å². The van der Waals surface area contributed by atoms with E-state index in [1.165, 1.54) is 16.7 Å². The number of aromatic nitrogens is 2. The summed E-state index contributed by atoms with van der Waals surface area (Å²) in [5, 5.41) is 3.71. The Labute approximate surface area is 163 Å². The van der Waals surface area contributed by atoms with Crippen LogP contribution in [0.1, 0.15) is 17.0 Å². The van der Waals surface area contributed by atoms with Crippen LogP contribution in [-0.4, -0.2) is 9.97 Å². The molecule has 0 atom stereocenters. The number of aryl methyl sites for hydroxylation is 1. The molecule has 4 rings (SSSR count). The van der Waals surface area contributed by atoms with Gasteiger partial charge in [-0.1, -0.05) is 79.9 Å². The summed E-state index contributed by atoms with van der Waals surface area (Å²) in [6.45, 7) is 2.11. The van der Waals surface area contributed by atoms with Gasteiger partial charge in [0.1, 0.15) is 0 Å². The van der Waals surface area contributed by atoms with Crippen LogP contribution in [0.2, 0.25) is 0 Å². The smallest absolute Gasteiger partial charge is 0.0974 e. The van der Waals surface area contributed by atoms with Crippen molar-refractivity contribution in [3.8, 4) is 11.1 Å². The molecule has 4 aromatic rings. The van der Waals surface area contributed by atoms with Crippen LogP contribution in [0.3, 0.4) is 0 Å². The lowest BCUT2D eigenvalue weighted by atomic mass is 9.98. The van der Waals surface area contributed by atoms with E-state index in [1.54, 1.807) is 0 Å². The first kappa shape index (κ1) is 16.7. The standard InChI is InChI=1S/C21H16Br2N2/c1-13-2-4-14(5-3-13)19-10-17(12-23)25-21-18(19)9-7-15-6-8-16(11-22)24-20(15)21/h2-10H,11-12H2,1H3. The largest absolute Gasteiger partial charge is 0.250 e. The maximum absolute atomic E-state index is 4.88. The molecule has 0 bridgehead atoms. The van der Waals surface area contributed by atoms with Crippen molar-refractivity contribution in [1.29, 1.82) is 0 Å². The van der Waals surface area contributed by atoms with Crippen molar-refractivity contribution in [3.63, 3.8) is 0 Å². The van der Waals surface area contributed by atoms with Crippen molar-refractivity contribution in [2.24, 2.45) is 0 Å². The molecule has 0 spiro atoms. The highest BCUT2D eigenvalue weighted by molar-refractivity contribution is 9.08. The lowest BCUT2D eigenvalue weighted by Crippen LogP contribution is -1.94. The number of rotatable bonds is 3. The van der Waals surface area contributed by atoms with Gasteiger partial charge in [0.05, 0.1) is 22.4 Å². The van der Waals surface area contributed by atoms with Gasteiger partial charge in [0.25, 0.3) is 0 Å². The van der Waals surface area contributed by atoms with Gasteiger partial charge in [-0.3, -0.25) is 0 Å². The first-order chi connectivity index (χ1) is 12.2. The predicted octanol–water partition coefficient (Wildman–Crippen LogP) is 6.55. The van der Waals surface area contributed by atoms with Crippen LogP contribution < -0.4 is 0 Å². The van der Waals surface area contributed by atoms with Crippen LogP contribution >= 0.6 is 31.9 Å². The molecule has 0 aliphatic carbocycles. The molecule has 0 saturated carbocycles. The predicted molar refractivity (Wildman–Crippen MR) is 112 cm³/mol. The highest BCUT2D eigenvalue weighted by Crippen LogP contribution is 2.33. The second-order valence-corrected chi connectivity index (χ2v) is 7.25. The Morgan fingerprint density at radius 3 is 2.16 bits per heavy atom. The number of alkyl halides is 2. The number of hydrogen-bond donors (Lipinski definition) is 0. The zero-order chi connectivity index (χ0) is 17.4. The molecular formula is C21H16Br2N2. The van der Waals surface area contributed by atoms with Crippen molar-refractivity contribution in [3.05, 3.63) is 71.5 Å². The number of halogens is 2. The molecule has 0 unspecified atom stereocenters. The van der Waals surface area contributed by atoms with Gasteiger partial charge >= 0.3 is 0 Å². The van der Waals surface area contributed by atoms with E-state index < -0.39 is 0 Å². The Morgan fingerprint density at radius 2 is 1.44 bits per heavy atom. The molecule has 0 N–H and O–H groups in total. The number of nitrogens with zero attached hydrogens (tertiary/aromatic N) is 2. The molecule has 4 heteroatoms. The molecule has 0 amide bonds. The van der Waals surface area contributed by atoms with Crippen LogP contribution in [0.15, 0.2) is 54.6 Å². The summed E-state index contributed by atoms with van der Waals surface area (Å²) < 4.78 is 0. The molecule has 25 heavy (non-hydrogen) atoms. The molecule has 2 nitrogen and oxygen atoms in total. The Balaban J connectivity index is 2.09. The van der Waals surface area contributed by atoms with Crippen LogP contribution in [0, 0.1) is 6.92 Å². The van der Waals surface area contributed by atoms with E-state index >= 15 is 0 Å². The SMILES string of the molecule is Cc1ccc(-c2cc(CBr)nc3c2ccc2ccc(CBr)nc23)cc1. The Morgan fingerprint density at radius 1 is 0.760 bits per heavy atom. The fourth-order valence-corrected chi connectivity index (χ4v) is 3.68. The minimum atomic E-state index is 0.719. The van der Waals surface area contributed by atoms with Crippen LogP contribution in [0.4, 0.5) is 0 Å². The average molecular weight is 456 g/mol. The first-order valence-corrected chi connectivity index (χ1v) is 10.3. The summed E-state index contributed by atoms with van der Waals surface area (Å²) >= 11 is 7.07. The van der Waals surface area contributed by atoms with Crippen molar-refractivity contribution in [2.45, 2.75) is 17.6 Å². The van der Waals surface area contributed by atoms with E-state index in [2.05, 4.69) is 93.4 Å². The fourth-order valence-electron chi connectivity index (χ4n) is 3.08. The number of benzene rings is 2. The second-order valence-electron chi connectivity index (χ2n) is 6.13. The van der Waals surface area contributed by atoms with Crippen molar-refractivity contribution < 1.29 is 0 Å². The van der Waals surface area contributed by atoms with Gasteiger partial charge in [-0.05, 0) is 30.2 Å². The first-order valence-electron chi connectivity index (χ1n) is 8.11. The Bertz CT molecular complexity index is 1070. The van der Waals surface area contributed by atoms with Gasteiger partial charge in [-0.15, -0.1) is 0 Å². The maximum atomic E-state index is 4.88. The van der Waals surface area contributed by atoms with Gasteiger partial charge in [0.15, 0.2) is 0 Å². The third kappa shape index (κ3) is 3.09. The summed E-state index contributed by atoms with van der Waals surface area (Å²) in [5.41, 5.74) is 7.63. The summed E-state index contributed by atoms with van der Waals surface area (Å²) in [6.07, 6.45) is 0. The van der Waals surface area contributed by atoms with E-state index in [-0.39, 0.29) is 0 Å². The molecule has 0 saturated heterocycles. The average Bonchev–Trinajstić information content (AvgIpc) is 2.67. The minimum absolute atomic E-state index is 0.719. The van der Waals surface area contributed by atoms with Crippen molar-refractivity contribution in [1.82, 2.24) is 9.97 Å². The number of fused-ring (bicyclic) bond motifs is 3. The lowest BCUT2D eigenvalue weighted by molar-refractivity contribution is 1.21. The summed E-state index contributed by atoms with van der Waals surface area (Å²) in [5.74, 6) is 0. The third-order valence-electron chi connectivity index (χ3n) is 4.39. The zero-order valence-electron chi connectivity index (χ0n) is 13.8. The molecular weight excluding hydrogens is 440 g/mol. The minimum Gasteiger partial charge on any atom is -0.250 e. The summed E-state index contributed by atoms with van der Waals surface area (Å²) in [6, 6.07) is 19.3. The normalized spacial score (nSPS) is 11.3. The van der Waals surface area contributed by atoms with E-state index in [0.29, 0.717) is 0 Å². The van der Waals surface area contributed by atoms with Gasteiger partial charge in [0, 0.05) is 21.4 Å². The quantitative estimate of drug-likeness (QED) is 0.258. The highest BCUT2D eigenvalue weighted by Gasteiger charge is 2.12. The summed E-state index contributed by atoms with van der Waals surface area (Å²) in [4.78, 5) is 9.70. The molecule has 0 aliphatic rings. The Kier molecular flexibility index (Phi) is 4.57. The molecule has 0 aliphatic heterocycles. The topological polar surface area (TPSA) is 25.8 Å². The van der Waals surface area contributed by atoms with E-state index in [4.69, 9.17) is 9.97 Å². The third-order valence-corrected chi connectivity index (χ3v) is 5.54. The van der Waals surface area contributed by atoms with Gasteiger partial charge in [0.2, 0.25) is 0 Å². The Hall–Kier alpha value is -1.78. The van der Waals surface area contributed by atoms with E-state index in [1.807, 2.05) is 0 Å². The molecule has 124 valence electrons. The molecule has 0 radical (unpaired) electrons. The lowest BCUT2D eigenvalue weighted by Gasteiger charge is -2.11. The number of pyridine rings is 2. The monoisotopic (exact) mass is 454 g/mol. The maximum Gasteiger partial charge on any atom is 0.0974 e. The van der Waals surface area contributed by atoms with Crippen LogP contribution in [0.5, 0.6) is 0 Å². The molecule has 2 heterocycles. The zero-order valence-corrected chi connectivity index (χ0v) is 16.9.